The standard InChI is InChI=1S/C11H17N3O2S2/c1-6(2)10(7(3)15)13-9(16)5-17-11-12-8(4)14-18-11/h6,10H,5H2,1-4H3,(H,13,16). The number of carbonyl (C=O) groups is 2. The van der Waals surface area contributed by atoms with Crippen LogP contribution in [0.25, 0.3) is 0 Å². The SMILES string of the molecule is CC(=O)C(NC(=O)CSc1nc(C)ns1)C(C)C. The van der Waals surface area contributed by atoms with Crippen molar-refractivity contribution in [3.63, 3.8) is 0 Å². The second-order valence-corrected chi connectivity index (χ2v) is 6.27. The molecule has 0 bridgehead atoms. The summed E-state index contributed by atoms with van der Waals surface area (Å²) in [4.78, 5) is 27.2. The van der Waals surface area contributed by atoms with E-state index in [1.54, 1.807) is 0 Å². The van der Waals surface area contributed by atoms with Crippen LogP contribution < -0.4 is 5.32 Å². The molecular formula is C11H17N3O2S2. The Morgan fingerprint density at radius 2 is 2.11 bits per heavy atom. The molecule has 0 saturated heterocycles. The normalized spacial score (nSPS) is 12.5. The van der Waals surface area contributed by atoms with Crippen molar-refractivity contribution in [3.05, 3.63) is 5.82 Å². The second kappa shape index (κ2) is 6.84. The van der Waals surface area contributed by atoms with Crippen molar-refractivity contribution in [1.82, 2.24) is 14.7 Å². The molecule has 0 saturated carbocycles. The van der Waals surface area contributed by atoms with Crippen molar-refractivity contribution in [3.8, 4) is 0 Å². The summed E-state index contributed by atoms with van der Waals surface area (Å²) >= 11 is 2.61. The lowest BCUT2D eigenvalue weighted by Crippen LogP contribution is -2.44. The number of rotatable bonds is 6. The third-order valence-electron chi connectivity index (χ3n) is 2.26. The van der Waals surface area contributed by atoms with Gasteiger partial charge in [-0.25, -0.2) is 4.98 Å². The molecule has 1 N–H and O–H groups in total. The summed E-state index contributed by atoms with van der Waals surface area (Å²) in [6, 6.07) is -0.408. The first-order valence-corrected chi connectivity index (χ1v) is 7.39. The van der Waals surface area contributed by atoms with Gasteiger partial charge in [0, 0.05) is 0 Å². The number of carbonyl (C=O) groups excluding carboxylic acids is 2. The van der Waals surface area contributed by atoms with Gasteiger partial charge in [-0.2, -0.15) is 4.37 Å². The minimum atomic E-state index is -0.408. The molecule has 1 heterocycles. The number of aromatic nitrogens is 2. The number of hydrogen-bond acceptors (Lipinski definition) is 6. The molecule has 18 heavy (non-hydrogen) atoms. The first kappa shape index (κ1) is 15.1. The van der Waals surface area contributed by atoms with Gasteiger partial charge in [-0.15, -0.1) is 0 Å². The highest BCUT2D eigenvalue weighted by molar-refractivity contribution is 8.01. The third kappa shape index (κ3) is 4.73. The summed E-state index contributed by atoms with van der Waals surface area (Å²) in [6.07, 6.45) is 0. The molecule has 5 nitrogen and oxygen atoms in total. The van der Waals surface area contributed by atoms with E-state index in [9.17, 15) is 9.59 Å². The van der Waals surface area contributed by atoms with Gasteiger partial charge < -0.3 is 5.32 Å². The molecule has 1 aromatic rings. The predicted octanol–water partition coefficient (Wildman–Crippen LogP) is 1.67. The van der Waals surface area contributed by atoms with Gasteiger partial charge in [0.05, 0.1) is 11.8 Å². The highest BCUT2D eigenvalue weighted by atomic mass is 32.2. The van der Waals surface area contributed by atoms with Crippen LogP contribution in [0.15, 0.2) is 4.34 Å². The number of Topliss-reactive ketones (excluding diaryl/α,β-unsaturated/α-hetero) is 1. The van der Waals surface area contributed by atoms with Crippen molar-refractivity contribution in [2.24, 2.45) is 5.92 Å². The molecule has 1 aromatic heterocycles. The highest BCUT2D eigenvalue weighted by Gasteiger charge is 2.20. The van der Waals surface area contributed by atoms with E-state index in [2.05, 4.69) is 14.7 Å². The molecule has 1 amide bonds. The number of amides is 1. The molecule has 7 heteroatoms. The summed E-state index contributed by atoms with van der Waals surface area (Å²) in [5.74, 6) is 0.897. The number of aryl methyl sites for hydroxylation is 1. The van der Waals surface area contributed by atoms with Crippen LogP contribution in [-0.4, -0.2) is 32.8 Å². The van der Waals surface area contributed by atoms with Crippen LogP contribution in [0.5, 0.6) is 0 Å². The molecular weight excluding hydrogens is 270 g/mol. The minimum absolute atomic E-state index is 0.0184. The monoisotopic (exact) mass is 287 g/mol. The van der Waals surface area contributed by atoms with E-state index in [1.807, 2.05) is 20.8 Å². The highest BCUT2D eigenvalue weighted by Crippen LogP contribution is 2.19. The maximum atomic E-state index is 11.7. The van der Waals surface area contributed by atoms with Crippen LogP contribution in [-0.2, 0) is 9.59 Å². The average molecular weight is 287 g/mol. The smallest absolute Gasteiger partial charge is 0.231 e. The molecule has 0 aliphatic carbocycles. The molecule has 1 atom stereocenters. The van der Waals surface area contributed by atoms with Crippen LogP contribution in [0.3, 0.4) is 0 Å². The van der Waals surface area contributed by atoms with Crippen molar-refractivity contribution < 1.29 is 9.59 Å². The summed E-state index contributed by atoms with van der Waals surface area (Å²) in [5, 5.41) is 2.74. The Hall–Kier alpha value is -0.950. The largest absolute Gasteiger partial charge is 0.345 e. The first-order valence-electron chi connectivity index (χ1n) is 5.63. The maximum absolute atomic E-state index is 11.7. The van der Waals surface area contributed by atoms with E-state index in [-0.39, 0.29) is 23.4 Å². The fourth-order valence-electron chi connectivity index (χ4n) is 1.42. The molecule has 0 fully saturated rings. The number of hydrogen-bond donors (Lipinski definition) is 1. The zero-order chi connectivity index (χ0) is 13.7. The third-order valence-corrected chi connectivity index (χ3v) is 4.18. The number of nitrogens with one attached hydrogen (secondary N) is 1. The zero-order valence-electron chi connectivity index (χ0n) is 10.9. The molecule has 0 spiro atoms. The Labute approximate surface area is 115 Å². The molecule has 1 rings (SSSR count). The van der Waals surface area contributed by atoms with Gasteiger partial charge in [0.2, 0.25) is 5.91 Å². The van der Waals surface area contributed by atoms with E-state index < -0.39 is 6.04 Å². The lowest BCUT2D eigenvalue weighted by molar-refractivity contribution is -0.126. The van der Waals surface area contributed by atoms with Crippen LogP contribution in [0.4, 0.5) is 0 Å². The molecule has 0 aliphatic rings. The van der Waals surface area contributed by atoms with Gasteiger partial charge in [-0.05, 0) is 31.3 Å². The summed E-state index contributed by atoms with van der Waals surface area (Å²) in [6.45, 7) is 7.12. The summed E-state index contributed by atoms with van der Waals surface area (Å²) < 4.78 is 4.81. The van der Waals surface area contributed by atoms with Crippen LogP contribution in [0.2, 0.25) is 0 Å². The van der Waals surface area contributed by atoms with Gasteiger partial charge in [-0.3, -0.25) is 9.59 Å². The second-order valence-electron chi connectivity index (χ2n) is 4.30. The molecule has 0 radical (unpaired) electrons. The van der Waals surface area contributed by atoms with Crippen molar-refractivity contribution in [1.29, 1.82) is 0 Å². The fraction of sp³-hybridized carbons (Fsp3) is 0.636. The number of thioether (sulfide) groups is 1. The Morgan fingerprint density at radius 3 is 2.56 bits per heavy atom. The Bertz CT molecular complexity index is 432. The van der Waals surface area contributed by atoms with Crippen LogP contribution in [0, 0.1) is 12.8 Å². The fourth-order valence-corrected chi connectivity index (χ4v) is 2.87. The van der Waals surface area contributed by atoms with E-state index in [0.717, 1.165) is 4.34 Å². The van der Waals surface area contributed by atoms with Crippen LogP contribution in [0.1, 0.15) is 26.6 Å². The summed E-state index contributed by atoms with van der Waals surface area (Å²) in [7, 11) is 0. The van der Waals surface area contributed by atoms with Gasteiger partial charge in [0.25, 0.3) is 0 Å². The van der Waals surface area contributed by atoms with E-state index in [0.29, 0.717) is 5.82 Å². The first-order chi connectivity index (χ1) is 8.40. The summed E-state index contributed by atoms with van der Waals surface area (Å²) in [5.41, 5.74) is 0. The van der Waals surface area contributed by atoms with Gasteiger partial charge >= 0.3 is 0 Å². The lowest BCUT2D eigenvalue weighted by atomic mass is 10.0. The average Bonchev–Trinajstić information content (AvgIpc) is 2.68. The van der Waals surface area contributed by atoms with E-state index in [1.165, 1.54) is 30.2 Å². The van der Waals surface area contributed by atoms with Crippen molar-refractivity contribution in [2.75, 3.05) is 5.75 Å². The zero-order valence-corrected chi connectivity index (χ0v) is 12.5. The number of nitrogens with zero attached hydrogens (tertiary/aromatic N) is 2. The van der Waals surface area contributed by atoms with Gasteiger partial charge in [-0.1, -0.05) is 25.6 Å². The van der Waals surface area contributed by atoms with Gasteiger partial charge in [0.1, 0.15) is 5.82 Å². The Kier molecular flexibility index (Phi) is 5.74. The van der Waals surface area contributed by atoms with Crippen molar-refractivity contribution in [2.45, 2.75) is 38.1 Å². The topological polar surface area (TPSA) is 72.0 Å². The lowest BCUT2D eigenvalue weighted by Gasteiger charge is -2.19. The van der Waals surface area contributed by atoms with E-state index in [4.69, 9.17) is 0 Å². The predicted molar refractivity (Wildman–Crippen MR) is 72.8 cm³/mol. The molecule has 0 aliphatic heterocycles. The Morgan fingerprint density at radius 1 is 1.44 bits per heavy atom. The van der Waals surface area contributed by atoms with Gasteiger partial charge in [0.15, 0.2) is 10.1 Å². The minimum Gasteiger partial charge on any atom is -0.345 e. The molecule has 100 valence electrons. The maximum Gasteiger partial charge on any atom is 0.231 e. The van der Waals surface area contributed by atoms with Crippen molar-refractivity contribution >= 4 is 35.0 Å². The quantitative estimate of drug-likeness (QED) is 0.806. The Balaban J connectivity index is 2.43. The van der Waals surface area contributed by atoms with E-state index >= 15 is 0 Å². The molecule has 1 unspecified atom stereocenters. The molecule has 0 aromatic carbocycles. The van der Waals surface area contributed by atoms with Crippen LogP contribution >= 0.6 is 23.3 Å². The number of ketones is 1.